The van der Waals surface area contributed by atoms with Crippen molar-refractivity contribution in [3.05, 3.63) is 46.5 Å². The smallest absolute Gasteiger partial charge is 0.210 e. The van der Waals surface area contributed by atoms with Crippen molar-refractivity contribution in [2.75, 3.05) is 0 Å². The third-order valence-corrected chi connectivity index (χ3v) is 5.21. The molecule has 0 amide bonds. The van der Waals surface area contributed by atoms with Gasteiger partial charge in [0.1, 0.15) is 16.4 Å². The molecule has 0 aromatic heterocycles. The van der Waals surface area contributed by atoms with E-state index in [1.54, 1.807) is 19.1 Å². The van der Waals surface area contributed by atoms with Crippen LogP contribution in [0.15, 0.2) is 34.1 Å². The van der Waals surface area contributed by atoms with Crippen LogP contribution in [0.3, 0.4) is 0 Å². The van der Waals surface area contributed by atoms with Crippen LogP contribution >= 0.6 is 0 Å². The van der Waals surface area contributed by atoms with Gasteiger partial charge in [-0.15, -0.1) is 0 Å². The van der Waals surface area contributed by atoms with Crippen LogP contribution in [-0.4, -0.2) is 18.6 Å². The Hall–Kier alpha value is -2.01. The zero-order chi connectivity index (χ0) is 15.9. The summed E-state index contributed by atoms with van der Waals surface area (Å²) < 4.78 is 25.5. The second kappa shape index (κ2) is 5.07. The number of phenols is 2. The first-order chi connectivity index (χ1) is 9.64. The lowest BCUT2D eigenvalue weighted by molar-refractivity contribution is 0.430. The predicted molar refractivity (Wildman–Crippen MR) is 80.6 cm³/mol. The van der Waals surface area contributed by atoms with E-state index in [0.29, 0.717) is 5.56 Å². The average Bonchev–Trinajstić information content (AvgIpc) is 2.39. The first kappa shape index (κ1) is 15.4. The lowest BCUT2D eigenvalue weighted by Gasteiger charge is -2.13. The van der Waals surface area contributed by atoms with E-state index in [1.807, 2.05) is 19.9 Å². The van der Waals surface area contributed by atoms with Gasteiger partial charge in [-0.1, -0.05) is 6.07 Å². The molecule has 0 unspecified atom stereocenters. The van der Waals surface area contributed by atoms with E-state index in [-0.39, 0.29) is 21.1 Å². The van der Waals surface area contributed by atoms with E-state index in [0.717, 1.165) is 11.1 Å². The molecule has 4 nitrogen and oxygen atoms in total. The fourth-order valence-corrected chi connectivity index (χ4v) is 4.02. The lowest BCUT2D eigenvalue weighted by atomic mass is 10.1. The fourth-order valence-electron chi connectivity index (χ4n) is 2.35. The van der Waals surface area contributed by atoms with E-state index in [9.17, 15) is 18.6 Å². The number of aryl methyl sites for hydroxylation is 3. The highest BCUT2D eigenvalue weighted by molar-refractivity contribution is 7.91. The number of sulfone groups is 1. The van der Waals surface area contributed by atoms with Gasteiger partial charge < -0.3 is 10.2 Å². The second-order valence-corrected chi connectivity index (χ2v) is 7.26. The largest absolute Gasteiger partial charge is 0.507 e. The van der Waals surface area contributed by atoms with Crippen molar-refractivity contribution in [3.8, 4) is 11.5 Å². The summed E-state index contributed by atoms with van der Waals surface area (Å²) in [6.45, 7) is 6.72. The van der Waals surface area contributed by atoms with Crippen molar-refractivity contribution >= 4 is 9.84 Å². The molecule has 0 fully saturated rings. The standard InChI is InChI=1S/C16H18O4S/c1-9-5-10(2)7-13(6-9)21(19,20)14-8-11(3)15(17)12(4)16(14)18/h5-8,17-18H,1-4H3. The summed E-state index contributed by atoms with van der Waals surface area (Å²) in [5.41, 5.74) is 2.24. The maximum atomic E-state index is 12.7. The summed E-state index contributed by atoms with van der Waals surface area (Å²) in [4.78, 5) is -0.0416. The van der Waals surface area contributed by atoms with Crippen LogP contribution in [0.1, 0.15) is 22.3 Å². The molecule has 2 rings (SSSR count). The zero-order valence-electron chi connectivity index (χ0n) is 12.4. The van der Waals surface area contributed by atoms with Gasteiger partial charge >= 0.3 is 0 Å². The quantitative estimate of drug-likeness (QED) is 0.893. The summed E-state index contributed by atoms with van der Waals surface area (Å²) in [5, 5.41) is 19.9. The third kappa shape index (κ3) is 2.61. The molecule has 0 atom stereocenters. The Balaban J connectivity index is 2.76. The van der Waals surface area contributed by atoms with Gasteiger partial charge in [-0.05, 0) is 62.6 Å². The number of hydrogen-bond donors (Lipinski definition) is 2. The highest BCUT2D eigenvalue weighted by Crippen LogP contribution is 2.38. The molecule has 0 spiro atoms. The number of rotatable bonds is 2. The van der Waals surface area contributed by atoms with Gasteiger partial charge in [0, 0.05) is 5.56 Å². The second-order valence-electron chi connectivity index (χ2n) is 5.34. The highest BCUT2D eigenvalue weighted by atomic mass is 32.2. The van der Waals surface area contributed by atoms with Gasteiger partial charge in [-0.3, -0.25) is 0 Å². The number of hydrogen-bond acceptors (Lipinski definition) is 4. The van der Waals surface area contributed by atoms with E-state index in [4.69, 9.17) is 0 Å². The van der Waals surface area contributed by atoms with Crippen molar-refractivity contribution in [2.45, 2.75) is 37.5 Å². The molecule has 112 valence electrons. The third-order valence-electron chi connectivity index (χ3n) is 3.46. The minimum atomic E-state index is -3.84. The van der Waals surface area contributed by atoms with Crippen LogP contribution in [0.25, 0.3) is 0 Å². The van der Waals surface area contributed by atoms with Crippen LogP contribution in [0.4, 0.5) is 0 Å². The Morgan fingerprint density at radius 2 is 1.33 bits per heavy atom. The zero-order valence-corrected chi connectivity index (χ0v) is 13.2. The van der Waals surface area contributed by atoms with Crippen LogP contribution in [0, 0.1) is 27.7 Å². The summed E-state index contributed by atoms with van der Waals surface area (Å²) in [7, 11) is -3.84. The molecule has 0 aliphatic carbocycles. The van der Waals surface area contributed by atoms with Crippen molar-refractivity contribution in [1.82, 2.24) is 0 Å². The molecule has 2 aromatic rings. The molecule has 0 bridgehead atoms. The Kier molecular flexibility index (Phi) is 3.72. The molecule has 0 saturated carbocycles. The molecule has 0 aliphatic heterocycles. The minimum Gasteiger partial charge on any atom is -0.507 e. The number of benzene rings is 2. The molecule has 0 saturated heterocycles. The monoisotopic (exact) mass is 306 g/mol. The topological polar surface area (TPSA) is 74.6 Å². The van der Waals surface area contributed by atoms with Crippen molar-refractivity contribution < 1.29 is 18.6 Å². The molecular formula is C16H18O4S. The van der Waals surface area contributed by atoms with Gasteiger partial charge in [0.2, 0.25) is 9.84 Å². The lowest BCUT2D eigenvalue weighted by Crippen LogP contribution is -2.05. The van der Waals surface area contributed by atoms with Gasteiger partial charge in [0.15, 0.2) is 0 Å². The van der Waals surface area contributed by atoms with Crippen LogP contribution in [0.5, 0.6) is 11.5 Å². The molecule has 0 aliphatic rings. The maximum Gasteiger partial charge on any atom is 0.210 e. The summed E-state index contributed by atoms with van der Waals surface area (Å²) in [6, 6.07) is 6.31. The van der Waals surface area contributed by atoms with Gasteiger partial charge in [0.25, 0.3) is 0 Å². The molecule has 5 heteroatoms. The molecule has 0 radical (unpaired) electrons. The van der Waals surface area contributed by atoms with E-state index in [1.165, 1.54) is 13.0 Å². The summed E-state index contributed by atoms with van der Waals surface area (Å²) in [5.74, 6) is -0.496. The molecular weight excluding hydrogens is 288 g/mol. The first-order valence-corrected chi connectivity index (χ1v) is 7.98. The Bertz CT molecular complexity index is 800. The van der Waals surface area contributed by atoms with Crippen LogP contribution in [-0.2, 0) is 9.84 Å². The molecule has 2 N–H and O–H groups in total. The number of phenolic OH excluding ortho intramolecular Hbond substituents is 2. The van der Waals surface area contributed by atoms with Gasteiger partial charge in [-0.2, -0.15) is 0 Å². The first-order valence-electron chi connectivity index (χ1n) is 6.50. The van der Waals surface area contributed by atoms with E-state index < -0.39 is 15.6 Å². The fraction of sp³-hybridized carbons (Fsp3) is 0.250. The molecule has 2 aromatic carbocycles. The SMILES string of the molecule is Cc1cc(C)cc(S(=O)(=O)c2cc(C)c(O)c(C)c2O)c1. The highest BCUT2D eigenvalue weighted by Gasteiger charge is 2.25. The maximum absolute atomic E-state index is 12.7. The van der Waals surface area contributed by atoms with Gasteiger partial charge in [0.05, 0.1) is 4.90 Å². The average molecular weight is 306 g/mol. The Morgan fingerprint density at radius 1 is 0.810 bits per heavy atom. The van der Waals surface area contributed by atoms with Crippen LogP contribution in [0.2, 0.25) is 0 Å². The summed E-state index contributed by atoms with van der Waals surface area (Å²) in [6.07, 6.45) is 0. The minimum absolute atomic E-state index is 0.0909. The summed E-state index contributed by atoms with van der Waals surface area (Å²) >= 11 is 0. The van der Waals surface area contributed by atoms with E-state index in [2.05, 4.69) is 0 Å². The Labute approximate surface area is 124 Å². The van der Waals surface area contributed by atoms with Crippen molar-refractivity contribution in [1.29, 1.82) is 0 Å². The van der Waals surface area contributed by atoms with Crippen molar-refractivity contribution in [2.24, 2.45) is 0 Å². The van der Waals surface area contributed by atoms with E-state index >= 15 is 0 Å². The predicted octanol–water partition coefficient (Wildman–Crippen LogP) is 3.16. The number of aromatic hydroxyl groups is 2. The molecule has 21 heavy (non-hydrogen) atoms. The van der Waals surface area contributed by atoms with Gasteiger partial charge in [-0.25, -0.2) is 8.42 Å². The normalized spacial score (nSPS) is 11.6. The molecule has 0 heterocycles. The Morgan fingerprint density at radius 3 is 1.86 bits per heavy atom. The van der Waals surface area contributed by atoms with Crippen molar-refractivity contribution in [3.63, 3.8) is 0 Å². The van der Waals surface area contributed by atoms with Crippen LogP contribution < -0.4 is 0 Å².